The van der Waals surface area contributed by atoms with Gasteiger partial charge in [0.1, 0.15) is 79.6 Å². The van der Waals surface area contributed by atoms with Gasteiger partial charge in [-0.25, -0.2) is 28.8 Å². The number of benzene rings is 4. The summed E-state index contributed by atoms with van der Waals surface area (Å²) in [6.07, 6.45) is 4.00. The molecule has 5 N–H and O–H groups in total. The summed E-state index contributed by atoms with van der Waals surface area (Å²) in [7, 11) is 0. The molecule has 6 aliphatic heterocycles. The van der Waals surface area contributed by atoms with Gasteiger partial charge in [-0.05, 0) is 187 Å². The number of aromatic nitrogens is 3. The Hall–Kier alpha value is -10.7. The molecule has 0 radical (unpaired) electrons. The molecule has 6 aliphatic rings. The normalized spacial score (nSPS) is 18.3. The first-order valence-electron chi connectivity index (χ1n) is 35.4. The van der Waals surface area contributed by atoms with Crippen LogP contribution in [0, 0.1) is 0 Å². The van der Waals surface area contributed by atoms with Crippen molar-refractivity contribution in [3.63, 3.8) is 0 Å². The van der Waals surface area contributed by atoms with Crippen molar-refractivity contribution in [2.75, 3.05) is 26.2 Å². The number of rotatable bonds is 12. The van der Waals surface area contributed by atoms with Gasteiger partial charge in [-0.3, -0.25) is 19.2 Å². The number of nitrogens with one attached hydrogen (secondary N) is 1. The molecule has 13 rings (SSSR count). The van der Waals surface area contributed by atoms with E-state index in [2.05, 4.69) is 20.8 Å². The topological polar surface area (TPSA) is 400 Å². The smallest absolute Gasteiger partial charge is 0.344 e. The van der Waals surface area contributed by atoms with E-state index >= 15 is 0 Å². The number of carbonyl (C=O) groups excluding carboxylic acids is 8. The Bertz CT molecular complexity index is 4390. The molecular formula is C80H95N5O23. The standard InChI is InChI=1S/C20H22N2O5.C20H23NO5.C16H15NO5.C13H16O4.C7H10O3.C4H9NO/c1-20(2)10-15-17(19(25)26-20)16(27-21-15)9-12-3-5-13(6-4-12)18(24)22-8-7-14(23)11-22;1-19(2,3)24-17(22)13-8-6-12(7-9-13)10-15-16-14(21-26-15)11-20(4,5)25-18(16)23;1-16(2)8-11-13(15(20)21-16)12(22-17-11)7-9-3-5-10(6-4-9)14(18)19;1-13(2,3)17-12(16)10-6-4-9(5-7-10)8-11(14)15;1-7(2)4-5(8)3-6(9)10-7;6-4-1-2-5-3-4/h3-6,14,23H,7-11H2,1-2H3;6-9H,10-11H2,1-5H3;3-6H,7-8H2,1-2H3,(H,18,19);4-7H,8H2,1-3H3,(H,14,15);3-4H2,1-2H3;4-6H,1-3H2/t14-;;;;;4-/m1....1/s1. The van der Waals surface area contributed by atoms with Gasteiger partial charge in [0.25, 0.3) is 5.91 Å². The maximum atomic E-state index is 12.4. The van der Waals surface area contributed by atoms with Crippen molar-refractivity contribution in [1.29, 1.82) is 0 Å². The van der Waals surface area contributed by atoms with Crippen LogP contribution in [0.2, 0.25) is 0 Å². The first-order chi connectivity index (χ1) is 50.4. The molecule has 0 unspecified atom stereocenters. The number of β-amino-alcohol motifs (C(OH)–C–C–N with tert-alkyl or cyclic N) is 2. The summed E-state index contributed by atoms with van der Waals surface area (Å²) >= 11 is 0. The Morgan fingerprint density at radius 2 is 0.852 bits per heavy atom. The second-order valence-corrected chi connectivity index (χ2v) is 31.4. The molecule has 0 saturated carbocycles. The highest BCUT2D eigenvalue weighted by Crippen LogP contribution is 2.34. The number of hydrogen-bond acceptors (Lipinski definition) is 25. The number of aliphatic hydroxyl groups excluding tert-OH is 2. The van der Waals surface area contributed by atoms with E-state index < -0.39 is 81.5 Å². The molecular weight excluding hydrogens is 1400 g/mol. The Labute approximate surface area is 625 Å². The van der Waals surface area contributed by atoms with Crippen LogP contribution in [0.5, 0.6) is 0 Å². The summed E-state index contributed by atoms with van der Waals surface area (Å²) in [5, 5.41) is 50.8. The van der Waals surface area contributed by atoms with Gasteiger partial charge in [0.05, 0.1) is 35.3 Å². The van der Waals surface area contributed by atoms with Gasteiger partial charge in [0, 0.05) is 70.1 Å². The van der Waals surface area contributed by atoms with Crippen LogP contribution in [0.25, 0.3) is 0 Å². The molecule has 0 bridgehead atoms. The molecule has 0 spiro atoms. The molecule has 108 heavy (non-hydrogen) atoms. The number of hydrogen-bond donors (Lipinski definition) is 5. The average molecular weight is 1490 g/mol. The minimum atomic E-state index is -0.977. The van der Waals surface area contributed by atoms with Gasteiger partial charge in [0.15, 0.2) is 17.3 Å². The number of cyclic esters (lactones) is 4. The Morgan fingerprint density at radius 3 is 1.15 bits per heavy atom. The summed E-state index contributed by atoms with van der Waals surface area (Å²) < 4.78 is 47.8. The van der Waals surface area contributed by atoms with E-state index in [0.717, 1.165) is 36.2 Å². The maximum absolute atomic E-state index is 12.4. The lowest BCUT2D eigenvalue weighted by atomic mass is 9.94. The van der Waals surface area contributed by atoms with E-state index in [9.17, 15) is 53.1 Å². The van der Waals surface area contributed by atoms with E-state index in [1.165, 1.54) is 12.1 Å². The SMILES string of the molecule is CC(C)(C)OC(=O)c1ccc(CC(=O)O)cc1.CC(C)(C)OC(=O)c1ccc(Cc2onc3c2C(=O)OC(C)(C)C3)cc1.CC1(C)CC(=O)CC(=O)O1.CC1(C)Cc2noc(Cc3ccc(C(=O)N4CC[C@@H](O)C4)cc3)c2C(=O)O1.CC1(C)Cc2noc(Cc3ccc(C(=O)O)cc3)c2C(=O)O1.O[C@@H]1CCNC1. The minimum Gasteiger partial charge on any atom is -0.481 e. The predicted molar refractivity (Wildman–Crippen MR) is 386 cm³/mol. The summed E-state index contributed by atoms with van der Waals surface area (Å²) in [4.78, 5) is 117. The lowest BCUT2D eigenvalue weighted by Gasteiger charge is -2.28. The molecule has 9 heterocycles. The van der Waals surface area contributed by atoms with Crippen molar-refractivity contribution >= 4 is 59.4 Å². The number of aliphatic carboxylic acids is 1. The number of carboxylic acids is 2. The first-order valence-corrected chi connectivity index (χ1v) is 35.4. The molecule has 2 atom stereocenters. The van der Waals surface area contributed by atoms with E-state index in [4.69, 9.17) is 57.3 Å². The highest BCUT2D eigenvalue weighted by Gasteiger charge is 2.41. The van der Waals surface area contributed by atoms with E-state index in [0.29, 0.717) is 138 Å². The number of nitrogens with zero attached hydrogens (tertiary/aromatic N) is 4. The third-order valence-corrected chi connectivity index (χ3v) is 16.9. The number of ether oxygens (including phenoxy) is 6. The zero-order chi connectivity index (χ0) is 79.4. The van der Waals surface area contributed by atoms with E-state index in [1.54, 1.807) is 100 Å². The number of amides is 1. The molecule has 3 aromatic heterocycles. The molecule has 3 saturated heterocycles. The van der Waals surface area contributed by atoms with Crippen molar-refractivity contribution in [1.82, 2.24) is 25.7 Å². The highest BCUT2D eigenvalue weighted by molar-refractivity contribution is 5.98. The van der Waals surface area contributed by atoms with Crippen LogP contribution in [-0.4, -0.2) is 172 Å². The van der Waals surface area contributed by atoms with Crippen molar-refractivity contribution in [3.8, 4) is 0 Å². The molecule has 1 amide bonds. The number of aliphatic hydroxyl groups is 2. The largest absolute Gasteiger partial charge is 0.481 e. The van der Waals surface area contributed by atoms with Crippen LogP contribution in [-0.2, 0) is 87.8 Å². The van der Waals surface area contributed by atoms with Gasteiger partial charge in [0.2, 0.25) is 0 Å². The summed E-state index contributed by atoms with van der Waals surface area (Å²) in [5.74, 6) is -2.99. The molecule has 3 fully saturated rings. The zero-order valence-corrected chi connectivity index (χ0v) is 63.3. The van der Waals surface area contributed by atoms with Crippen LogP contribution in [0.4, 0.5) is 0 Å². The van der Waals surface area contributed by atoms with E-state index in [1.807, 2.05) is 86.6 Å². The van der Waals surface area contributed by atoms with E-state index in [-0.39, 0.29) is 42.2 Å². The predicted octanol–water partition coefficient (Wildman–Crippen LogP) is 10.4. The van der Waals surface area contributed by atoms with Crippen LogP contribution >= 0.6 is 0 Å². The molecule has 578 valence electrons. The molecule has 4 aromatic carbocycles. The third kappa shape index (κ3) is 24.4. The van der Waals surface area contributed by atoms with Crippen molar-refractivity contribution < 1.29 is 110 Å². The first kappa shape index (κ1) is 82.9. The number of Topliss-reactive ketones (excluding diaryl/α,β-unsaturated/α-hetero) is 1. The number of fused-ring (bicyclic) bond motifs is 3. The van der Waals surface area contributed by atoms with Gasteiger partial charge in [-0.15, -0.1) is 0 Å². The lowest BCUT2D eigenvalue weighted by molar-refractivity contribution is -0.166. The number of likely N-dealkylation sites (tertiary alicyclic amines) is 1. The van der Waals surface area contributed by atoms with Crippen molar-refractivity contribution in [2.45, 2.75) is 213 Å². The van der Waals surface area contributed by atoms with Crippen LogP contribution in [0.3, 0.4) is 0 Å². The second-order valence-electron chi connectivity index (χ2n) is 31.4. The fourth-order valence-corrected chi connectivity index (χ4v) is 12.0. The molecule has 28 heteroatoms. The van der Waals surface area contributed by atoms with Gasteiger partial charge < -0.3 is 72.6 Å². The monoisotopic (exact) mass is 1490 g/mol. The lowest BCUT2D eigenvalue weighted by Crippen LogP contribution is -2.37. The van der Waals surface area contributed by atoms with Crippen molar-refractivity contribution in [2.24, 2.45) is 0 Å². The number of ketones is 1. The highest BCUT2D eigenvalue weighted by atomic mass is 16.6. The minimum absolute atomic E-state index is 0.0266. The summed E-state index contributed by atoms with van der Waals surface area (Å²) in [6, 6.07) is 27.0. The van der Waals surface area contributed by atoms with Gasteiger partial charge in [-0.2, -0.15) is 0 Å². The fraction of sp³-hybridized carbons (Fsp3) is 0.463. The Kier molecular flexibility index (Phi) is 26.5. The Balaban J connectivity index is 0.000000171. The van der Waals surface area contributed by atoms with Crippen LogP contribution < -0.4 is 5.32 Å². The summed E-state index contributed by atoms with van der Waals surface area (Å²) in [5.41, 5.74) is 4.70. The molecule has 7 aromatic rings. The second kappa shape index (κ2) is 34.5. The van der Waals surface area contributed by atoms with Crippen LogP contribution in [0.1, 0.15) is 252 Å². The fourth-order valence-electron chi connectivity index (χ4n) is 12.0. The zero-order valence-electron chi connectivity index (χ0n) is 63.3. The van der Waals surface area contributed by atoms with Crippen molar-refractivity contribution in [3.05, 3.63) is 193 Å². The van der Waals surface area contributed by atoms with Gasteiger partial charge >= 0.3 is 47.8 Å². The number of carbonyl (C=O) groups is 10. The quantitative estimate of drug-likeness (QED) is 0.0431. The number of esters is 6. The maximum Gasteiger partial charge on any atom is 0.344 e. The summed E-state index contributed by atoms with van der Waals surface area (Å²) in [6.45, 7) is 28.1. The molecule has 28 nitrogen and oxygen atoms in total. The van der Waals surface area contributed by atoms with Crippen LogP contribution in [0.15, 0.2) is 111 Å². The average Bonchev–Trinajstić information content (AvgIpc) is 1.64. The number of aromatic carboxylic acids is 1. The molecule has 0 aliphatic carbocycles. The Morgan fingerprint density at radius 1 is 0.491 bits per heavy atom. The van der Waals surface area contributed by atoms with Gasteiger partial charge in [-0.1, -0.05) is 64.0 Å². The third-order valence-electron chi connectivity index (χ3n) is 16.9. The number of carboxylic acid groups (broad SMARTS) is 2.